The summed E-state index contributed by atoms with van der Waals surface area (Å²) in [5.74, 6) is -0.902. The number of aliphatic carboxylic acids is 1. The van der Waals surface area contributed by atoms with Crippen LogP contribution in [0, 0.1) is 0 Å². The van der Waals surface area contributed by atoms with Crippen LogP contribution in [0.3, 0.4) is 0 Å². The SMILES string of the molecule is COc1ccnc(C(=O)c2cc(Cl)ccc2-n2cccc2/C=C/C(=O)O)c1OC. The molecule has 0 amide bonds. The number of rotatable bonds is 7. The third kappa shape index (κ3) is 4.14. The predicted octanol–water partition coefficient (Wildman–Crippen LogP) is 3.87. The molecule has 0 saturated heterocycles. The van der Waals surface area contributed by atoms with Crippen LogP contribution in [0.5, 0.6) is 11.5 Å². The summed E-state index contributed by atoms with van der Waals surface area (Å²) in [6, 6.07) is 9.93. The maximum atomic E-state index is 13.4. The highest BCUT2D eigenvalue weighted by Crippen LogP contribution is 2.32. The molecule has 2 heterocycles. The van der Waals surface area contributed by atoms with Crippen LogP contribution < -0.4 is 9.47 Å². The molecule has 0 unspecified atom stereocenters. The zero-order valence-corrected chi connectivity index (χ0v) is 16.4. The van der Waals surface area contributed by atoms with E-state index in [-0.39, 0.29) is 17.0 Å². The summed E-state index contributed by atoms with van der Waals surface area (Å²) in [5.41, 5.74) is 1.44. The first kappa shape index (κ1) is 20.2. The Morgan fingerprint density at radius 3 is 2.66 bits per heavy atom. The number of aromatic nitrogens is 2. The summed E-state index contributed by atoms with van der Waals surface area (Å²) in [6.45, 7) is 0. The van der Waals surface area contributed by atoms with E-state index in [2.05, 4.69) is 4.98 Å². The van der Waals surface area contributed by atoms with Gasteiger partial charge >= 0.3 is 5.97 Å². The first-order valence-electron chi connectivity index (χ1n) is 8.46. The number of halogens is 1. The lowest BCUT2D eigenvalue weighted by Crippen LogP contribution is -2.11. The average Bonchev–Trinajstić information content (AvgIpc) is 3.19. The number of hydrogen-bond acceptors (Lipinski definition) is 5. The number of ketones is 1. The van der Waals surface area contributed by atoms with Gasteiger partial charge in [-0.1, -0.05) is 11.6 Å². The quantitative estimate of drug-likeness (QED) is 0.468. The van der Waals surface area contributed by atoms with Crippen molar-refractivity contribution in [2.24, 2.45) is 0 Å². The molecule has 1 aromatic carbocycles. The van der Waals surface area contributed by atoms with Gasteiger partial charge in [0.25, 0.3) is 0 Å². The van der Waals surface area contributed by atoms with Crippen molar-refractivity contribution in [2.75, 3.05) is 14.2 Å². The predicted molar refractivity (Wildman–Crippen MR) is 108 cm³/mol. The van der Waals surface area contributed by atoms with Gasteiger partial charge in [0.05, 0.1) is 19.9 Å². The van der Waals surface area contributed by atoms with E-state index >= 15 is 0 Å². The van der Waals surface area contributed by atoms with Crippen LogP contribution in [0.15, 0.2) is 54.9 Å². The molecule has 8 heteroatoms. The molecule has 0 atom stereocenters. The van der Waals surface area contributed by atoms with Crippen molar-refractivity contribution in [3.63, 3.8) is 0 Å². The molecular formula is C21H17ClN2O5. The third-order valence-electron chi connectivity index (χ3n) is 4.15. The zero-order chi connectivity index (χ0) is 21.0. The Morgan fingerprint density at radius 1 is 1.17 bits per heavy atom. The molecule has 0 aliphatic heterocycles. The van der Waals surface area contributed by atoms with E-state index in [0.29, 0.717) is 22.2 Å². The lowest BCUT2D eigenvalue weighted by molar-refractivity contribution is -0.131. The minimum Gasteiger partial charge on any atom is -0.493 e. The molecule has 2 aromatic heterocycles. The van der Waals surface area contributed by atoms with Crippen molar-refractivity contribution in [3.05, 3.63) is 76.8 Å². The molecule has 7 nitrogen and oxygen atoms in total. The molecule has 0 bridgehead atoms. The molecule has 148 valence electrons. The largest absolute Gasteiger partial charge is 0.493 e. The molecule has 0 fully saturated rings. The molecule has 0 saturated carbocycles. The normalized spacial score (nSPS) is 10.9. The monoisotopic (exact) mass is 412 g/mol. The fourth-order valence-electron chi connectivity index (χ4n) is 2.88. The van der Waals surface area contributed by atoms with Crippen LogP contribution in [-0.2, 0) is 4.79 Å². The second kappa shape index (κ2) is 8.62. The van der Waals surface area contributed by atoms with Crippen molar-refractivity contribution in [1.29, 1.82) is 0 Å². The number of hydrogen-bond donors (Lipinski definition) is 1. The topological polar surface area (TPSA) is 90.7 Å². The Hall–Kier alpha value is -3.58. The highest BCUT2D eigenvalue weighted by atomic mass is 35.5. The minimum atomic E-state index is -1.07. The standard InChI is InChI=1S/C21H17ClN2O5/c1-28-17-9-10-23-19(21(17)29-2)20(27)15-12-13(22)5-7-16(15)24-11-3-4-14(24)6-8-18(25)26/h3-12H,1-2H3,(H,25,26)/b8-6+. The van der Waals surface area contributed by atoms with Gasteiger partial charge in [-0.3, -0.25) is 4.79 Å². The Balaban J connectivity index is 2.16. The highest BCUT2D eigenvalue weighted by Gasteiger charge is 2.23. The molecule has 0 radical (unpaired) electrons. The summed E-state index contributed by atoms with van der Waals surface area (Å²) in [5, 5.41) is 9.28. The van der Waals surface area contributed by atoms with Gasteiger partial charge in [-0.05, 0) is 36.4 Å². The minimum absolute atomic E-state index is 0.0742. The van der Waals surface area contributed by atoms with Gasteiger partial charge in [0.2, 0.25) is 5.78 Å². The molecule has 0 spiro atoms. The molecule has 29 heavy (non-hydrogen) atoms. The van der Waals surface area contributed by atoms with Crippen molar-refractivity contribution >= 4 is 29.4 Å². The van der Waals surface area contributed by atoms with Gasteiger partial charge in [-0.2, -0.15) is 0 Å². The van der Waals surface area contributed by atoms with E-state index < -0.39 is 11.8 Å². The van der Waals surface area contributed by atoms with E-state index in [9.17, 15) is 9.59 Å². The number of carboxylic acid groups (broad SMARTS) is 1. The summed E-state index contributed by atoms with van der Waals surface area (Å²) >= 11 is 6.15. The van der Waals surface area contributed by atoms with E-state index in [1.165, 1.54) is 32.6 Å². The maximum absolute atomic E-state index is 13.4. The van der Waals surface area contributed by atoms with Crippen molar-refractivity contribution < 1.29 is 24.2 Å². The number of nitrogens with zero attached hydrogens (tertiary/aromatic N) is 2. The van der Waals surface area contributed by atoms with E-state index in [1.54, 1.807) is 41.1 Å². The number of ether oxygens (including phenoxy) is 2. The second-order valence-electron chi connectivity index (χ2n) is 5.86. The molecule has 0 aliphatic carbocycles. The van der Waals surface area contributed by atoms with Crippen LogP contribution in [0.25, 0.3) is 11.8 Å². The van der Waals surface area contributed by atoms with Crippen LogP contribution >= 0.6 is 11.6 Å². The number of carbonyl (C=O) groups excluding carboxylic acids is 1. The summed E-state index contributed by atoms with van der Waals surface area (Å²) in [4.78, 5) is 28.4. The molecule has 0 aliphatic rings. The Labute approximate surface area is 171 Å². The second-order valence-corrected chi connectivity index (χ2v) is 6.30. The van der Waals surface area contributed by atoms with Crippen LogP contribution in [0.2, 0.25) is 5.02 Å². The lowest BCUT2D eigenvalue weighted by Gasteiger charge is -2.15. The van der Waals surface area contributed by atoms with Crippen molar-refractivity contribution in [3.8, 4) is 17.2 Å². The molecule has 1 N–H and O–H groups in total. The van der Waals surface area contributed by atoms with Gasteiger partial charge in [-0.25, -0.2) is 9.78 Å². The average molecular weight is 413 g/mol. The van der Waals surface area contributed by atoms with Crippen LogP contribution in [-0.4, -0.2) is 40.6 Å². The maximum Gasteiger partial charge on any atom is 0.328 e. The lowest BCUT2D eigenvalue weighted by atomic mass is 10.0. The number of pyridine rings is 1. The number of carboxylic acids is 1. The molecule has 3 rings (SSSR count). The zero-order valence-electron chi connectivity index (χ0n) is 15.6. The van der Waals surface area contributed by atoms with Gasteiger partial charge in [0, 0.05) is 40.8 Å². The fraction of sp³-hybridized carbons (Fsp3) is 0.0952. The van der Waals surface area contributed by atoms with E-state index in [1.807, 2.05) is 0 Å². The smallest absolute Gasteiger partial charge is 0.328 e. The van der Waals surface area contributed by atoms with Crippen molar-refractivity contribution in [2.45, 2.75) is 0 Å². The highest BCUT2D eigenvalue weighted by molar-refractivity contribution is 6.31. The third-order valence-corrected chi connectivity index (χ3v) is 4.38. The summed E-state index contributed by atoms with van der Waals surface area (Å²) < 4.78 is 12.3. The number of benzene rings is 1. The summed E-state index contributed by atoms with van der Waals surface area (Å²) in [7, 11) is 2.90. The van der Waals surface area contributed by atoms with Gasteiger partial charge in [-0.15, -0.1) is 0 Å². The Morgan fingerprint density at radius 2 is 1.97 bits per heavy atom. The molecule has 3 aromatic rings. The number of carbonyl (C=O) groups is 2. The van der Waals surface area contributed by atoms with E-state index in [0.717, 1.165) is 6.08 Å². The van der Waals surface area contributed by atoms with Crippen LogP contribution in [0.1, 0.15) is 21.7 Å². The van der Waals surface area contributed by atoms with Gasteiger partial charge in [0.1, 0.15) is 0 Å². The van der Waals surface area contributed by atoms with E-state index in [4.69, 9.17) is 26.2 Å². The van der Waals surface area contributed by atoms with Gasteiger partial charge in [0.15, 0.2) is 17.2 Å². The first-order valence-corrected chi connectivity index (χ1v) is 8.84. The Bertz CT molecular complexity index is 1100. The van der Waals surface area contributed by atoms with Crippen molar-refractivity contribution in [1.82, 2.24) is 9.55 Å². The van der Waals surface area contributed by atoms with Gasteiger partial charge < -0.3 is 19.1 Å². The first-order chi connectivity index (χ1) is 14.0. The Kier molecular flexibility index (Phi) is 5.99. The molecular weight excluding hydrogens is 396 g/mol. The fourth-order valence-corrected chi connectivity index (χ4v) is 3.06. The summed E-state index contributed by atoms with van der Waals surface area (Å²) in [6.07, 6.45) is 5.64. The van der Waals surface area contributed by atoms with Crippen LogP contribution in [0.4, 0.5) is 0 Å². The number of methoxy groups -OCH3 is 2.